The Labute approximate surface area is 134 Å². The van der Waals surface area contributed by atoms with E-state index in [1.165, 1.54) is 45.4 Å². The molecule has 0 aromatic carbocycles. The molecule has 0 radical (unpaired) electrons. The van der Waals surface area contributed by atoms with Crippen LogP contribution in [0.4, 0.5) is 0 Å². The molecule has 0 fully saturated rings. The maximum Gasteiger partial charge on any atom is 0.305 e. The average molecular weight is 316 g/mol. The number of esters is 2. The van der Waals surface area contributed by atoms with Crippen molar-refractivity contribution in [1.29, 1.82) is 0 Å². The van der Waals surface area contributed by atoms with Crippen molar-refractivity contribution < 1.29 is 24.2 Å². The molecule has 1 N–H and O–H groups in total. The number of rotatable bonds is 14. The lowest BCUT2D eigenvalue weighted by Gasteiger charge is -2.14. The summed E-state index contributed by atoms with van der Waals surface area (Å²) < 4.78 is 9.77. The van der Waals surface area contributed by atoms with E-state index in [1.807, 2.05) is 0 Å². The molecule has 5 nitrogen and oxygen atoms in total. The van der Waals surface area contributed by atoms with E-state index in [1.54, 1.807) is 0 Å². The van der Waals surface area contributed by atoms with Crippen molar-refractivity contribution >= 4 is 11.9 Å². The van der Waals surface area contributed by atoms with Crippen LogP contribution < -0.4 is 0 Å². The van der Waals surface area contributed by atoms with Crippen molar-refractivity contribution in [1.82, 2.24) is 0 Å². The molecule has 0 aliphatic carbocycles. The van der Waals surface area contributed by atoms with Crippen LogP contribution in [0.1, 0.15) is 78.1 Å². The molecule has 0 aliphatic heterocycles. The summed E-state index contributed by atoms with van der Waals surface area (Å²) >= 11 is 0. The third-order valence-electron chi connectivity index (χ3n) is 3.45. The van der Waals surface area contributed by atoms with E-state index in [2.05, 4.69) is 6.92 Å². The van der Waals surface area contributed by atoms with Gasteiger partial charge in [0.1, 0.15) is 6.61 Å². The van der Waals surface area contributed by atoms with E-state index in [9.17, 15) is 9.59 Å². The van der Waals surface area contributed by atoms with E-state index in [0.29, 0.717) is 6.42 Å². The third kappa shape index (κ3) is 13.9. The molecule has 0 saturated heterocycles. The molecule has 5 heteroatoms. The normalized spacial score (nSPS) is 12.0. The van der Waals surface area contributed by atoms with Crippen molar-refractivity contribution in [3.8, 4) is 0 Å². The number of aliphatic hydroxyl groups is 1. The molecule has 0 saturated carbocycles. The van der Waals surface area contributed by atoms with E-state index in [-0.39, 0.29) is 19.2 Å². The van der Waals surface area contributed by atoms with Crippen molar-refractivity contribution in [2.45, 2.75) is 84.2 Å². The van der Waals surface area contributed by atoms with E-state index >= 15 is 0 Å². The minimum absolute atomic E-state index is 0.0770. The zero-order valence-electron chi connectivity index (χ0n) is 14.1. The Morgan fingerprint density at radius 1 is 0.955 bits per heavy atom. The number of aliphatic hydroxyl groups excluding tert-OH is 1. The number of carbonyl (C=O) groups excluding carboxylic acids is 2. The van der Waals surface area contributed by atoms with Gasteiger partial charge >= 0.3 is 11.9 Å². The molecule has 0 aliphatic rings. The Morgan fingerprint density at radius 3 is 2.00 bits per heavy atom. The van der Waals surface area contributed by atoms with Gasteiger partial charge < -0.3 is 14.6 Å². The minimum Gasteiger partial charge on any atom is -0.462 e. The van der Waals surface area contributed by atoms with Crippen LogP contribution in [-0.2, 0) is 19.1 Å². The summed E-state index contributed by atoms with van der Waals surface area (Å²) in [5.74, 6) is -0.789. The SMILES string of the molecule is CCCCCCCCCCCC(=O)OCC(CO)OC(C)=O. The Morgan fingerprint density at radius 2 is 1.50 bits per heavy atom. The van der Waals surface area contributed by atoms with Crippen LogP contribution in [0.5, 0.6) is 0 Å². The Kier molecular flexibility index (Phi) is 14.1. The second-order valence-corrected chi connectivity index (χ2v) is 5.68. The molecule has 1 unspecified atom stereocenters. The fraction of sp³-hybridized carbons (Fsp3) is 0.882. The van der Waals surface area contributed by atoms with Gasteiger partial charge in [-0.1, -0.05) is 58.3 Å². The predicted molar refractivity (Wildman–Crippen MR) is 85.4 cm³/mol. The maximum absolute atomic E-state index is 11.5. The van der Waals surface area contributed by atoms with Crippen LogP contribution >= 0.6 is 0 Å². The van der Waals surface area contributed by atoms with Crippen molar-refractivity contribution in [2.75, 3.05) is 13.2 Å². The van der Waals surface area contributed by atoms with Gasteiger partial charge in [0.15, 0.2) is 6.10 Å². The molecular formula is C17H32O5. The van der Waals surface area contributed by atoms with Crippen LogP contribution in [0.25, 0.3) is 0 Å². The molecule has 1 atom stereocenters. The molecule has 22 heavy (non-hydrogen) atoms. The monoisotopic (exact) mass is 316 g/mol. The fourth-order valence-corrected chi connectivity index (χ4v) is 2.20. The Bertz CT molecular complexity index is 291. The first-order valence-corrected chi connectivity index (χ1v) is 8.53. The number of ether oxygens (including phenoxy) is 2. The third-order valence-corrected chi connectivity index (χ3v) is 3.45. The zero-order chi connectivity index (χ0) is 16.6. The molecule has 0 bridgehead atoms. The second kappa shape index (κ2) is 14.8. The van der Waals surface area contributed by atoms with Crippen LogP contribution in [0.15, 0.2) is 0 Å². The summed E-state index contributed by atoms with van der Waals surface area (Å²) in [6, 6.07) is 0. The largest absolute Gasteiger partial charge is 0.462 e. The fourth-order valence-electron chi connectivity index (χ4n) is 2.20. The quantitative estimate of drug-likeness (QED) is 0.393. The zero-order valence-corrected chi connectivity index (χ0v) is 14.1. The number of hydrogen-bond acceptors (Lipinski definition) is 5. The number of unbranched alkanes of at least 4 members (excludes halogenated alkanes) is 8. The summed E-state index contributed by atoms with van der Waals surface area (Å²) in [5, 5.41) is 8.97. The summed E-state index contributed by atoms with van der Waals surface area (Å²) in [4.78, 5) is 22.3. The topological polar surface area (TPSA) is 72.8 Å². The van der Waals surface area contributed by atoms with Gasteiger partial charge in [0.05, 0.1) is 6.61 Å². The highest BCUT2D eigenvalue weighted by Crippen LogP contribution is 2.10. The Hall–Kier alpha value is -1.10. The lowest BCUT2D eigenvalue weighted by molar-refractivity contribution is -0.159. The maximum atomic E-state index is 11.5. The molecule has 0 amide bonds. The van der Waals surface area contributed by atoms with Crippen molar-refractivity contribution in [3.63, 3.8) is 0 Å². The molecule has 130 valence electrons. The first-order chi connectivity index (χ1) is 10.6. The van der Waals surface area contributed by atoms with Gasteiger partial charge in [-0.25, -0.2) is 0 Å². The van der Waals surface area contributed by atoms with Gasteiger partial charge in [0.2, 0.25) is 0 Å². The summed E-state index contributed by atoms with van der Waals surface area (Å²) in [6.07, 6.45) is 10.4. The highest BCUT2D eigenvalue weighted by molar-refractivity contribution is 5.69. The van der Waals surface area contributed by atoms with E-state index in [4.69, 9.17) is 14.6 Å². The van der Waals surface area contributed by atoms with Gasteiger partial charge in [-0.05, 0) is 6.42 Å². The lowest BCUT2D eigenvalue weighted by Crippen LogP contribution is -2.27. The van der Waals surface area contributed by atoms with Crippen LogP contribution in [0.3, 0.4) is 0 Å². The van der Waals surface area contributed by atoms with Crippen molar-refractivity contribution in [2.24, 2.45) is 0 Å². The molecular weight excluding hydrogens is 284 g/mol. The van der Waals surface area contributed by atoms with Crippen LogP contribution in [0, 0.1) is 0 Å². The molecule has 0 rings (SSSR count). The van der Waals surface area contributed by atoms with Crippen LogP contribution in [0.2, 0.25) is 0 Å². The summed E-state index contributed by atoms with van der Waals surface area (Å²) in [6.45, 7) is 3.05. The van der Waals surface area contributed by atoms with Gasteiger partial charge in [0, 0.05) is 13.3 Å². The smallest absolute Gasteiger partial charge is 0.305 e. The lowest BCUT2D eigenvalue weighted by atomic mass is 10.1. The average Bonchev–Trinajstić information content (AvgIpc) is 2.49. The molecule has 0 heterocycles. The standard InChI is InChI=1S/C17H32O5/c1-3-4-5-6-7-8-9-10-11-12-17(20)21-14-16(13-18)22-15(2)19/h16,18H,3-14H2,1-2H3. The molecule has 0 aromatic rings. The van der Waals surface area contributed by atoms with Gasteiger partial charge in [-0.2, -0.15) is 0 Å². The Balaban J connectivity index is 3.44. The van der Waals surface area contributed by atoms with Gasteiger partial charge in [-0.3, -0.25) is 9.59 Å². The highest BCUT2D eigenvalue weighted by Gasteiger charge is 2.13. The first kappa shape index (κ1) is 20.9. The highest BCUT2D eigenvalue weighted by atomic mass is 16.6. The molecule has 0 spiro atoms. The van der Waals surface area contributed by atoms with Crippen LogP contribution in [-0.4, -0.2) is 36.4 Å². The summed E-state index contributed by atoms with van der Waals surface area (Å²) in [5.41, 5.74) is 0. The van der Waals surface area contributed by atoms with E-state index in [0.717, 1.165) is 19.3 Å². The number of carbonyl (C=O) groups is 2. The minimum atomic E-state index is -0.760. The first-order valence-electron chi connectivity index (χ1n) is 8.53. The predicted octanol–water partition coefficient (Wildman–Crippen LogP) is 3.37. The van der Waals surface area contributed by atoms with E-state index < -0.39 is 12.1 Å². The summed E-state index contributed by atoms with van der Waals surface area (Å²) in [7, 11) is 0. The van der Waals surface area contributed by atoms with Gasteiger partial charge in [0.25, 0.3) is 0 Å². The number of hydrogen-bond donors (Lipinski definition) is 1. The van der Waals surface area contributed by atoms with Crippen molar-refractivity contribution in [3.05, 3.63) is 0 Å². The second-order valence-electron chi connectivity index (χ2n) is 5.68. The molecule has 0 aromatic heterocycles. The van der Waals surface area contributed by atoms with Gasteiger partial charge in [-0.15, -0.1) is 0 Å².